The van der Waals surface area contributed by atoms with Gasteiger partial charge in [-0.3, -0.25) is 0 Å². The largest absolute Gasteiger partial charge is 0.416 e. The zero-order valence-corrected chi connectivity index (χ0v) is 9.80. The first kappa shape index (κ1) is 14.0. The molecule has 1 nitrogen and oxygen atoms in total. The Morgan fingerprint density at radius 2 is 1.82 bits per heavy atom. The quantitative estimate of drug-likeness (QED) is 0.833. The van der Waals surface area contributed by atoms with Crippen LogP contribution >= 0.6 is 0 Å². The topological polar surface area (TPSA) is 20.2 Å². The number of hydrogen-bond donors (Lipinski definition) is 1. The predicted molar refractivity (Wildman–Crippen MR) is 60.8 cm³/mol. The molecule has 0 aromatic heterocycles. The van der Waals surface area contributed by atoms with Gasteiger partial charge >= 0.3 is 6.18 Å². The number of benzene rings is 1. The summed E-state index contributed by atoms with van der Waals surface area (Å²) in [6, 6.07) is 5.63. The van der Waals surface area contributed by atoms with Crippen molar-refractivity contribution in [1.29, 1.82) is 0 Å². The molecule has 0 heterocycles. The van der Waals surface area contributed by atoms with E-state index in [1.54, 1.807) is 6.07 Å². The number of aliphatic hydroxyl groups excluding tert-OH is 1. The molecule has 1 N–H and O–H groups in total. The Hall–Kier alpha value is -1.03. The highest BCUT2D eigenvalue weighted by molar-refractivity contribution is 5.32. The predicted octanol–water partition coefficient (Wildman–Crippen LogP) is 3.97. The van der Waals surface area contributed by atoms with Crippen LogP contribution in [0, 0.1) is 0 Å². The molecule has 96 valence electrons. The fourth-order valence-electron chi connectivity index (χ4n) is 2.07. The van der Waals surface area contributed by atoms with Crippen LogP contribution in [0.4, 0.5) is 13.2 Å². The van der Waals surface area contributed by atoms with Crippen LogP contribution in [0.25, 0.3) is 0 Å². The molecule has 0 saturated heterocycles. The maximum atomic E-state index is 12.8. The van der Waals surface area contributed by atoms with Crippen LogP contribution in [-0.4, -0.2) is 11.7 Å². The number of hydrogen-bond acceptors (Lipinski definition) is 1. The smallest absolute Gasteiger partial charge is 0.396 e. The van der Waals surface area contributed by atoms with Crippen molar-refractivity contribution in [3.63, 3.8) is 0 Å². The summed E-state index contributed by atoms with van der Waals surface area (Å²) >= 11 is 0. The number of rotatable bonds is 5. The molecule has 1 unspecified atom stereocenters. The van der Waals surface area contributed by atoms with Gasteiger partial charge in [-0.1, -0.05) is 31.5 Å². The Labute approximate surface area is 99.3 Å². The molecule has 0 saturated carbocycles. The Bertz CT molecular complexity index is 341. The van der Waals surface area contributed by atoms with Gasteiger partial charge < -0.3 is 5.11 Å². The molecule has 0 aliphatic rings. The molecule has 0 amide bonds. The molecule has 0 bridgehead atoms. The highest BCUT2D eigenvalue weighted by atomic mass is 19.4. The summed E-state index contributed by atoms with van der Waals surface area (Å²) in [6.07, 6.45) is -2.48. The Morgan fingerprint density at radius 3 is 2.35 bits per heavy atom. The van der Waals surface area contributed by atoms with Crippen LogP contribution in [0.1, 0.15) is 43.2 Å². The van der Waals surface area contributed by atoms with E-state index in [0.717, 1.165) is 12.5 Å². The van der Waals surface area contributed by atoms with Crippen LogP contribution in [0.2, 0.25) is 0 Å². The summed E-state index contributed by atoms with van der Waals surface area (Å²) in [5.41, 5.74) is -0.275. The van der Waals surface area contributed by atoms with E-state index in [1.807, 2.05) is 6.92 Å². The van der Waals surface area contributed by atoms with Gasteiger partial charge in [0.2, 0.25) is 0 Å². The minimum atomic E-state index is -4.32. The third kappa shape index (κ3) is 3.73. The van der Waals surface area contributed by atoms with E-state index in [4.69, 9.17) is 5.11 Å². The molecule has 0 aliphatic heterocycles. The Balaban J connectivity index is 3.09. The highest BCUT2D eigenvalue weighted by Crippen LogP contribution is 2.37. The standard InChI is InChI=1S/C13H17F3O/c1-2-5-10(8-9-17)11-6-3-4-7-12(11)13(14,15)16/h3-4,6-7,10,17H,2,5,8-9H2,1H3. The van der Waals surface area contributed by atoms with Crippen molar-refractivity contribution < 1.29 is 18.3 Å². The van der Waals surface area contributed by atoms with Gasteiger partial charge in [-0.15, -0.1) is 0 Å². The van der Waals surface area contributed by atoms with Crippen LogP contribution in [0.3, 0.4) is 0 Å². The molecule has 1 atom stereocenters. The molecule has 1 rings (SSSR count). The lowest BCUT2D eigenvalue weighted by Crippen LogP contribution is -2.13. The van der Waals surface area contributed by atoms with Crippen molar-refractivity contribution in [3.05, 3.63) is 35.4 Å². The van der Waals surface area contributed by atoms with Crippen molar-refractivity contribution in [2.24, 2.45) is 0 Å². The van der Waals surface area contributed by atoms with Gasteiger partial charge in [0.05, 0.1) is 5.56 Å². The average molecular weight is 246 g/mol. The van der Waals surface area contributed by atoms with E-state index in [0.29, 0.717) is 18.4 Å². The molecule has 4 heteroatoms. The molecule has 1 aromatic rings. The first-order valence-corrected chi connectivity index (χ1v) is 5.77. The van der Waals surface area contributed by atoms with Crippen molar-refractivity contribution in [1.82, 2.24) is 0 Å². The van der Waals surface area contributed by atoms with E-state index < -0.39 is 11.7 Å². The summed E-state index contributed by atoms with van der Waals surface area (Å²) in [4.78, 5) is 0. The van der Waals surface area contributed by atoms with E-state index in [-0.39, 0.29) is 12.5 Å². The number of aliphatic hydroxyl groups is 1. The van der Waals surface area contributed by atoms with Crippen LogP contribution in [0.5, 0.6) is 0 Å². The van der Waals surface area contributed by atoms with Gasteiger partial charge in [0.1, 0.15) is 0 Å². The van der Waals surface area contributed by atoms with Crippen LogP contribution < -0.4 is 0 Å². The fraction of sp³-hybridized carbons (Fsp3) is 0.538. The zero-order valence-electron chi connectivity index (χ0n) is 9.80. The summed E-state index contributed by atoms with van der Waals surface area (Å²) in [5.74, 6) is -0.220. The number of halogens is 3. The second kappa shape index (κ2) is 6.05. The van der Waals surface area contributed by atoms with Crippen LogP contribution in [0.15, 0.2) is 24.3 Å². The van der Waals surface area contributed by atoms with Crippen molar-refractivity contribution in [2.75, 3.05) is 6.61 Å². The van der Waals surface area contributed by atoms with Gasteiger partial charge in [-0.05, 0) is 30.4 Å². The van der Waals surface area contributed by atoms with Gasteiger partial charge in [0.15, 0.2) is 0 Å². The molecular weight excluding hydrogens is 229 g/mol. The normalized spacial score (nSPS) is 13.7. The van der Waals surface area contributed by atoms with Crippen molar-refractivity contribution in [2.45, 2.75) is 38.3 Å². The fourth-order valence-corrected chi connectivity index (χ4v) is 2.07. The van der Waals surface area contributed by atoms with Gasteiger partial charge in [0, 0.05) is 6.61 Å². The van der Waals surface area contributed by atoms with E-state index in [2.05, 4.69) is 0 Å². The SMILES string of the molecule is CCCC(CCO)c1ccccc1C(F)(F)F. The van der Waals surface area contributed by atoms with Gasteiger partial charge in [-0.2, -0.15) is 13.2 Å². The maximum Gasteiger partial charge on any atom is 0.416 e. The second-order valence-electron chi connectivity index (χ2n) is 4.08. The summed E-state index contributed by atoms with van der Waals surface area (Å²) in [6.45, 7) is 1.84. The Kier molecular flexibility index (Phi) is 5.00. The highest BCUT2D eigenvalue weighted by Gasteiger charge is 2.34. The average Bonchev–Trinajstić information content (AvgIpc) is 2.28. The third-order valence-corrected chi connectivity index (χ3v) is 2.82. The Morgan fingerprint density at radius 1 is 1.18 bits per heavy atom. The van der Waals surface area contributed by atoms with Gasteiger partial charge in [-0.25, -0.2) is 0 Å². The lowest BCUT2D eigenvalue weighted by molar-refractivity contribution is -0.138. The minimum Gasteiger partial charge on any atom is -0.396 e. The summed E-state index contributed by atoms with van der Waals surface area (Å²) in [5, 5.41) is 8.94. The number of alkyl halides is 3. The minimum absolute atomic E-state index is 0.0865. The summed E-state index contributed by atoms with van der Waals surface area (Å²) < 4.78 is 38.5. The lowest BCUT2D eigenvalue weighted by atomic mass is 9.88. The molecule has 0 fully saturated rings. The first-order valence-electron chi connectivity index (χ1n) is 5.77. The monoisotopic (exact) mass is 246 g/mol. The molecule has 1 aromatic carbocycles. The first-order chi connectivity index (χ1) is 8.00. The maximum absolute atomic E-state index is 12.8. The molecule has 0 radical (unpaired) electrons. The van der Waals surface area contributed by atoms with E-state index in [9.17, 15) is 13.2 Å². The van der Waals surface area contributed by atoms with E-state index in [1.165, 1.54) is 12.1 Å². The third-order valence-electron chi connectivity index (χ3n) is 2.82. The van der Waals surface area contributed by atoms with Crippen molar-refractivity contribution >= 4 is 0 Å². The molecule has 0 spiro atoms. The summed E-state index contributed by atoms with van der Waals surface area (Å²) in [7, 11) is 0. The molecule has 17 heavy (non-hydrogen) atoms. The van der Waals surface area contributed by atoms with E-state index >= 15 is 0 Å². The molecular formula is C13H17F3O. The van der Waals surface area contributed by atoms with Crippen LogP contribution in [-0.2, 0) is 6.18 Å². The van der Waals surface area contributed by atoms with Crippen molar-refractivity contribution in [3.8, 4) is 0 Å². The van der Waals surface area contributed by atoms with Gasteiger partial charge in [0.25, 0.3) is 0 Å². The lowest BCUT2D eigenvalue weighted by Gasteiger charge is -2.20. The molecule has 0 aliphatic carbocycles. The zero-order chi connectivity index (χ0) is 12.9. The second-order valence-corrected chi connectivity index (χ2v) is 4.08.